The fourth-order valence-electron chi connectivity index (χ4n) is 1.06. The second-order valence-corrected chi connectivity index (χ2v) is 3.71. The summed E-state index contributed by atoms with van der Waals surface area (Å²) in [6.45, 7) is 0. The monoisotopic (exact) mass is 276 g/mol. The normalized spacial score (nSPS) is 12.8. The van der Waals surface area contributed by atoms with Gasteiger partial charge >= 0.3 is 0 Å². The van der Waals surface area contributed by atoms with Crippen molar-refractivity contribution in [3.8, 4) is 0 Å². The highest BCUT2D eigenvalue weighted by Crippen LogP contribution is 2.06. The maximum atomic E-state index is 9.31. The van der Waals surface area contributed by atoms with Crippen LogP contribution in [0.1, 0.15) is 12.0 Å². The van der Waals surface area contributed by atoms with Crippen molar-refractivity contribution in [3.05, 3.63) is 35.9 Å². The van der Waals surface area contributed by atoms with Gasteiger partial charge in [0.2, 0.25) is 0 Å². The van der Waals surface area contributed by atoms with Crippen LogP contribution in [0.3, 0.4) is 0 Å². The topological polar surface area (TPSA) is 20.2 Å². The Bertz CT molecular complexity index is 210. The lowest BCUT2D eigenvalue weighted by Crippen LogP contribution is -2.08. The summed E-state index contributed by atoms with van der Waals surface area (Å²) in [6.07, 6.45) is 1.70. The number of alkyl halides is 1. The number of hydrogen-bond donors (Lipinski definition) is 1. The fraction of sp³-hybridized carbons (Fsp3) is 0.400. The van der Waals surface area contributed by atoms with Crippen LogP contribution in [0, 0.1) is 0 Å². The van der Waals surface area contributed by atoms with E-state index in [-0.39, 0.29) is 6.10 Å². The zero-order valence-electron chi connectivity index (χ0n) is 6.91. The number of aliphatic hydroxyl groups is 1. The smallest absolute Gasteiger partial charge is 0.0632 e. The molecule has 2 heteroatoms. The SMILES string of the molecule is OC(CI)CCc1ccccc1. The molecular formula is C10H13IO. The van der Waals surface area contributed by atoms with E-state index in [4.69, 9.17) is 0 Å². The van der Waals surface area contributed by atoms with Gasteiger partial charge in [-0.3, -0.25) is 0 Å². The number of benzene rings is 1. The minimum Gasteiger partial charge on any atom is -0.392 e. The molecule has 0 saturated carbocycles. The van der Waals surface area contributed by atoms with Gasteiger partial charge in [0, 0.05) is 4.43 Å². The van der Waals surface area contributed by atoms with Crippen molar-refractivity contribution in [2.24, 2.45) is 0 Å². The maximum absolute atomic E-state index is 9.31. The van der Waals surface area contributed by atoms with Crippen LogP contribution in [0.15, 0.2) is 30.3 Å². The molecule has 0 aliphatic carbocycles. The molecule has 0 amide bonds. The lowest BCUT2D eigenvalue weighted by atomic mass is 10.1. The van der Waals surface area contributed by atoms with E-state index in [0.717, 1.165) is 17.3 Å². The van der Waals surface area contributed by atoms with Crippen LogP contribution in [0.2, 0.25) is 0 Å². The van der Waals surface area contributed by atoms with Crippen LogP contribution < -0.4 is 0 Å². The zero-order valence-corrected chi connectivity index (χ0v) is 9.07. The van der Waals surface area contributed by atoms with Crippen molar-refractivity contribution < 1.29 is 5.11 Å². The first-order chi connectivity index (χ1) is 5.83. The summed E-state index contributed by atoms with van der Waals surface area (Å²) in [6, 6.07) is 10.3. The molecule has 0 bridgehead atoms. The molecular weight excluding hydrogens is 263 g/mol. The third-order valence-corrected chi connectivity index (χ3v) is 2.80. The second kappa shape index (κ2) is 5.54. The van der Waals surface area contributed by atoms with E-state index >= 15 is 0 Å². The lowest BCUT2D eigenvalue weighted by Gasteiger charge is -2.05. The Morgan fingerprint density at radius 1 is 1.25 bits per heavy atom. The molecule has 1 unspecified atom stereocenters. The predicted molar refractivity (Wildman–Crippen MR) is 59.7 cm³/mol. The summed E-state index contributed by atoms with van der Waals surface area (Å²) in [7, 11) is 0. The number of aliphatic hydroxyl groups excluding tert-OH is 1. The van der Waals surface area contributed by atoms with Gasteiger partial charge in [0.05, 0.1) is 6.10 Å². The molecule has 0 heterocycles. The molecule has 0 aliphatic rings. The molecule has 12 heavy (non-hydrogen) atoms. The van der Waals surface area contributed by atoms with Gasteiger partial charge in [-0.1, -0.05) is 52.9 Å². The van der Waals surface area contributed by atoms with Gasteiger partial charge in [0.25, 0.3) is 0 Å². The Balaban J connectivity index is 2.33. The lowest BCUT2D eigenvalue weighted by molar-refractivity contribution is 0.192. The fourth-order valence-corrected chi connectivity index (χ4v) is 1.50. The van der Waals surface area contributed by atoms with E-state index < -0.39 is 0 Å². The van der Waals surface area contributed by atoms with E-state index in [2.05, 4.69) is 34.7 Å². The third-order valence-electron chi connectivity index (χ3n) is 1.79. The average Bonchev–Trinajstić information content (AvgIpc) is 2.16. The molecule has 1 atom stereocenters. The van der Waals surface area contributed by atoms with Gasteiger partial charge in [-0.05, 0) is 18.4 Å². The van der Waals surface area contributed by atoms with Crippen molar-refractivity contribution in [2.75, 3.05) is 4.43 Å². The highest BCUT2D eigenvalue weighted by molar-refractivity contribution is 14.1. The molecule has 1 aromatic rings. The molecule has 0 spiro atoms. The van der Waals surface area contributed by atoms with Crippen molar-refractivity contribution in [1.82, 2.24) is 0 Å². The molecule has 1 N–H and O–H groups in total. The van der Waals surface area contributed by atoms with Crippen LogP contribution in [-0.2, 0) is 6.42 Å². The molecule has 1 aromatic carbocycles. The summed E-state index contributed by atoms with van der Waals surface area (Å²) in [4.78, 5) is 0. The quantitative estimate of drug-likeness (QED) is 0.661. The largest absolute Gasteiger partial charge is 0.392 e. The summed E-state index contributed by atoms with van der Waals surface area (Å²) in [5.41, 5.74) is 1.31. The minimum absolute atomic E-state index is 0.147. The molecule has 0 radical (unpaired) electrons. The predicted octanol–water partition coefficient (Wildman–Crippen LogP) is 2.42. The average molecular weight is 276 g/mol. The summed E-state index contributed by atoms with van der Waals surface area (Å²) in [5.74, 6) is 0. The minimum atomic E-state index is -0.147. The summed E-state index contributed by atoms with van der Waals surface area (Å²) in [5, 5.41) is 9.31. The van der Waals surface area contributed by atoms with Crippen LogP contribution >= 0.6 is 22.6 Å². The Morgan fingerprint density at radius 3 is 2.50 bits per heavy atom. The molecule has 0 aliphatic heterocycles. The van der Waals surface area contributed by atoms with Gasteiger partial charge in [-0.15, -0.1) is 0 Å². The Hall–Kier alpha value is -0.0900. The summed E-state index contributed by atoms with van der Waals surface area (Å²) < 4.78 is 0.824. The zero-order chi connectivity index (χ0) is 8.81. The van der Waals surface area contributed by atoms with Crippen molar-refractivity contribution in [1.29, 1.82) is 0 Å². The van der Waals surface area contributed by atoms with Crippen LogP contribution in [0.5, 0.6) is 0 Å². The van der Waals surface area contributed by atoms with Crippen LogP contribution in [0.4, 0.5) is 0 Å². The first-order valence-corrected chi connectivity index (χ1v) is 5.63. The van der Waals surface area contributed by atoms with Crippen LogP contribution in [0.25, 0.3) is 0 Å². The second-order valence-electron chi connectivity index (χ2n) is 2.83. The van der Waals surface area contributed by atoms with Crippen LogP contribution in [-0.4, -0.2) is 15.6 Å². The Labute approximate surface area is 86.9 Å². The third kappa shape index (κ3) is 3.54. The van der Waals surface area contributed by atoms with Crippen molar-refractivity contribution in [2.45, 2.75) is 18.9 Å². The van der Waals surface area contributed by atoms with E-state index in [0.29, 0.717) is 0 Å². The molecule has 1 rings (SSSR count). The van der Waals surface area contributed by atoms with E-state index in [1.807, 2.05) is 18.2 Å². The number of hydrogen-bond acceptors (Lipinski definition) is 1. The Kier molecular flexibility index (Phi) is 4.61. The number of rotatable bonds is 4. The van der Waals surface area contributed by atoms with Gasteiger partial charge < -0.3 is 5.11 Å². The van der Waals surface area contributed by atoms with E-state index in [9.17, 15) is 5.11 Å². The molecule has 0 saturated heterocycles. The van der Waals surface area contributed by atoms with E-state index in [1.54, 1.807) is 0 Å². The number of halogens is 1. The van der Waals surface area contributed by atoms with Crippen molar-refractivity contribution in [3.63, 3.8) is 0 Å². The summed E-state index contributed by atoms with van der Waals surface area (Å²) >= 11 is 2.21. The Morgan fingerprint density at radius 2 is 1.92 bits per heavy atom. The van der Waals surface area contributed by atoms with Gasteiger partial charge in [0.15, 0.2) is 0 Å². The standard InChI is InChI=1S/C10H13IO/c11-8-10(12)7-6-9-4-2-1-3-5-9/h1-5,10,12H,6-8H2. The van der Waals surface area contributed by atoms with Gasteiger partial charge in [-0.25, -0.2) is 0 Å². The number of aryl methyl sites for hydroxylation is 1. The molecule has 1 nitrogen and oxygen atoms in total. The van der Waals surface area contributed by atoms with Gasteiger partial charge in [-0.2, -0.15) is 0 Å². The molecule has 0 fully saturated rings. The van der Waals surface area contributed by atoms with E-state index in [1.165, 1.54) is 5.56 Å². The highest BCUT2D eigenvalue weighted by Gasteiger charge is 2.00. The highest BCUT2D eigenvalue weighted by atomic mass is 127. The first-order valence-electron chi connectivity index (χ1n) is 4.11. The molecule has 0 aromatic heterocycles. The maximum Gasteiger partial charge on any atom is 0.0632 e. The van der Waals surface area contributed by atoms with Gasteiger partial charge in [0.1, 0.15) is 0 Å². The molecule has 66 valence electrons. The van der Waals surface area contributed by atoms with Crippen molar-refractivity contribution >= 4 is 22.6 Å². The first kappa shape index (κ1) is 9.99.